The number of hydrogen-bond acceptors (Lipinski definition) is 7. The quantitative estimate of drug-likeness (QED) is 0.509. The maximum absolute atomic E-state index is 12.3. The van der Waals surface area contributed by atoms with E-state index < -0.39 is 0 Å². The van der Waals surface area contributed by atoms with E-state index in [1.54, 1.807) is 22.1 Å². The van der Waals surface area contributed by atoms with Gasteiger partial charge >= 0.3 is 0 Å². The molecule has 4 aromatic rings. The molecule has 140 valence electrons. The molecule has 7 nitrogen and oxygen atoms in total. The summed E-state index contributed by atoms with van der Waals surface area (Å²) in [5, 5.41) is 9.99. The second kappa shape index (κ2) is 6.77. The van der Waals surface area contributed by atoms with Crippen LogP contribution in [0.25, 0.3) is 21.4 Å². The Balaban J connectivity index is 1.44. The summed E-state index contributed by atoms with van der Waals surface area (Å²) in [6, 6.07) is 9.48. The van der Waals surface area contributed by atoms with Gasteiger partial charge in [-0.15, -0.1) is 11.3 Å². The number of nitrogens with one attached hydrogen (secondary N) is 1. The van der Waals surface area contributed by atoms with Crippen LogP contribution in [0.3, 0.4) is 0 Å². The number of benzene rings is 1. The van der Waals surface area contributed by atoms with Crippen molar-refractivity contribution < 1.29 is 14.3 Å². The zero-order valence-corrected chi connectivity index (χ0v) is 16.3. The minimum absolute atomic E-state index is 0.226. The number of carbonyl (C=O) groups excluding carboxylic acids is 1. The molecule has 1 N–H and O–H groups in total. The Bertz CT molecular complexity index is 1170. The van der Waals surface area contributed by atoms with Crippen LogP contribution >= 0.6 is 22.7 Å². The predicted octanol–water partition coefficient (Wildman–Crippen LogP) is 4.23. The molecule has 0 aliphatic carbocycles. The monoisotopic (exact) mass is 410 g/mol. The maximum atomic E-state index is 12.3. The van der Waals surface area contributed by atoms with Crippen LogP contribution < -0.4 is 14.8 Å². The van der Waals surface area contributed by atoms with Crippen molar-refractivity contribution >= 4 is 50.7 Å². The van der Waals surface area contributed by atoms with Crippen molar-refractivity contribution in [3.63, 3.8) is 0 Å². The van der Waals surface area contributed by atoms with Gasteiger partial charge in [-0.2, -0.15) is 9.78 Å². The highest BCUT2D eigenvalue weighted by Crippen LogP contribution is 2.38. The molecule has 1 aliphatic rings. The molecule has 4 heterocycles. The van der Waals surface area contributed by atoms with Crippen molar-refractivity contribution in [3.05, 3.63) is 52.4 Å². The summed E-state index contributed by atoms with van der Waals surface area (Å²) in [5.41, 5.74) is 1.58. The molecule has 0 radical (unpaired) electrons. The van der Waals surface area contributed by atoms with Crippen molar-refractivity contribution in [2.24, 2.45) is 0 Å². The lowest BCUT2D eigenvalue weighted by Gasteiger charge is -2.03. The average molecular weight is 410 g/mol. The normalized spacial score (nSPS) is 12.9. The largest absolute Gasteiger partial charge is 0.454 e. The van der Waals surface area contributed by atoms with E-state index in [2.05, 4.69) is 15.4 Å². The smallest absolute Gasteiger partial charge is 0.249 e. The second-order valence-electron chi connectivity index (χ2n) is 6.09. The predicted molar refractivity (Wildman–Crippen MR) is 110 cm³/mol. The van der Waals surface area contributed by atoms with E-state index in [0.29, 0.717) is 22.4 Å². The van der Waals surface area contributed by atoms with E-state index in [-0.39, 0.29) is 12.7 Å². The third-order valence-electron chi connectivity index (χ3n) is 4.08. The molecule has 0 fully saturated rings. The highest BCUT2D eigenvalue weighted by atomic mass is 32.1. The van der Waals surface area contributed by atoms with Gasteiger partial charge in [-0.3, -0.25) is 4.79 Å². The van der Waals surface area contributed by atoms with Crippen LogP contribution in [0, 0.1) is 6.92 Å². The zero-order valence-electron chi connectivity index (χ0n) is 14.7. The molecule has 1 aromatic carbocycles. The number of fused-ring (bicyclic) bond motifs is 2. The Labute approximate surface area is 167 Å². The summed E-state index contributed by atoms with van der Waals surface area (Å²) < 4.78 is 13.4. The van der Waals surface area contributed by atoms with E-state index in [9.17, 15) is 4.79 Å². The van der Waals surface area contributed by atoms with Gasteiger partial charge in [0.1, 0.15) is 5.82 Å². The molecule has 0 saturated heterocycles. The topological polar surface area (TPSA) is 78.3 Å². The first-order valence-electron chi connectivity index (χ1n) is 8.45. The Morgan fingerprint density at radius 1 is 1.29 bits per heavy atom. The fourth-order valence-electron chi connectivity index (χ4n) is 2.84. The van der Waals surface area contributed by atoms with Crippen molar-refractivity contribution in [3.8, 4) is 16.6 Å². The Kier molecular flexibility index (Phi) is 4.10. The fraction of sp³-hybridized carbons (Fsp3) is 0.105. The number of thiazole rings is 1. The van der Waals surface area contributed by atoms with Gasteiger partial charge in [0.15, 0.2) is 11.5 Å². The number of anilines is 1. The van der Waals surface area contributed by atoms with E-state index >= 15 is 0 Å². The molecule has 1 amide bonds. The van der Waals surface area contributed by atoms with Gasteiger partial charge in [-0.05, 0) is 24.4 Å². The lowest BCUT2D eigenvalue weighted by Crippen LogP contribution is -2.12. The number of aromatic nitrogens is 3. The van der Waals surface area contributed by atoms with Crippen LogP contribution in [0.2, 0.25) is 0 Å². The number of hydrogen-bond donors (Lipinski definition) is 1. The molecule has 0 bridgehead atoms. The molecule has 3 aromatic heterocycles. The molecular weight excluding hydrogens is 396 g/mol. The first kappa shape index (κ1) is 17.0. The van der Waals surface area contributed by atoms with Gasteiger partial charge in [0.05, 0.1) is 15.9 Å². The number of aryl methyl sites for hydroxylation is 1. The Hall–Kier alpha value is -3.17. The van der Waals surface area contributed by atoms with Crippen molar-refractivity contribution in [2.45, 2.75) is 6.92 Å². The minimum Gasteiger partial charge on any atom is -0.454 e. The maximum Gasteiger partial charge on any atom is 0.249 e. The van der Waals surface area contributed by atoms with E-state index in [0.717, 1.165) is 20.8 Å². The first-order valence-corrected chi connectivity index (χ1v) is 10.2. The van der Waals surface area contributed by atoms with Crippen LogP contribution in [0.15, 0.2) is 41.8 Å². The van der Waals surface area contributed by atoms with Gasteiger partial charge < -0.3 is 14.8 Å². The lowest BCUT2D eigenvalue weighted by molar-refractivity contribution is -0.111. The Morgan fingerprint density at radius 3 is 2.96 bits per heavy atom. The number of ether oxygens (including phenoxy) is 2. The van der Waals surface area contributed by atoms with Gasteiger partial charge in [0.25, 0.3) is 0 Å². The van der Waals surface area contributed by atoms with E-state index in [1.165, 1.54) is 17.4 Å². The van der Waals surface area contributed by atoms with Gasteiger partial charge in [-0.25, -0.2) is 4.98 Å². The molecule has 0 unspecified atom stereocenters. The first-order chi connectivity index (χ1) is 13.7. The molecule has 9 heteroatoms. The van der Waals surface area contributed by atoms with Crippen LogP contribution in [0.5, 0.6) is 11.5 Å². The van der Waals surface area contributed by atoms with Gasteiger partial charge in [0, 0.05) is 29.2 Å². The van der Waals surface area contributed by atoms with Crippen molar-refractivity contribution in [1.29, 1.82) is 0 Å². The van der Waals surface area contributed by atoms with Crippen LogP contribution in [0.4, 0.5) is 5.82 Å². The summed E-state index contributed by atoms with van der Waals surface area (Å²) in [4.78, 5) is 18.0. The molecule has 0 saturated carbocycles. The highest BCUT2D eigenvalue weighted by molar-refractivity contribution is 7.20. The molecule has 0 atom stereocenters. The summed E-state index contributed by atoms with van der Waals surface area (Å²) >= 11 is 3.04. The summed E-state index contributed by atoms with van der Waals surface area (Å²) in [6.45, 7) is 2.10. The highest BCUT2D eigenvalue weighted by Gasteiger charge is 2.19. The number of carbonyl (C=O) groups is 1. The van der Waals surface area contributed by atoms with Crippen LogP contribution in [-0.2, 0) is 4.79 Å². The number of rotatable bonds is 4. The fourth-order valence-corrected chi connectivity index (χ4v) is 4.40. The molecule has 5 rings (SSSR count). The zero-order chi connectivity index (χ0) is 19.1. The lowest BCUT2D eigenvalue weighted by atomic mass is 10.3. The number of amides is 1. The summed E-state index contributed by atoms with van der Waals surface area (Å²) in [5.74, 6) is 1.74. The number of thiophene rings is 1. The molecule has 0 spiro atoms. The molecule has 1 aliphatic heterocycles. The summed E-state index contributed by atoms with van der Waals surface area (Å²) in [6.07, 6.45) is 3.29. The van der Waals surface area contributed by atoms with Gasteiger partial charge in [0.2, 0.25) is 17.8 Å². The summed E-state index contributed by atoms with van der Waals surface area (Å²) in [7, 11) is 0. The van der Waals surface area contributed by atoms with Gasteiger partial charge in [-0.1, -0.05) is 17.4 Å². The van der Waals surface area contributed by atoms with E-state index in [1.807, 2.05) is 42.6 Å². The standard InChI is InChI=1S/C19H14N4O3S2/c1-11-7-17(21-18(24)5-4-12-3-2-6-27-12)23(22-11)19-20-13-8-14-15(26-10-25-14)9-16(13)28-19/h2-9H,10H2,1H3,(H,21,24)/b5-4+. The Morgan fingerprint density at radius 2 is 2.14 bits per heavy atom. The third-order valence-corrected chi connectivity index (χ3v) is 5.91. The third kappa shape index (κ3) is 3.14. The number of nitrogens with zero attached hydrogens (tertiary/aromatic N) is 3. The molecular formula is C19H14N4O3S2. The van der Waals surface area contributed by atoms with Crippen molar-refractivity contribution in [2.75, 3.05) is 12.1 Å². The minimum atomic E-state index is -0.226. The van der Waals surface area contributed by atoms with E-state index in [4.69, 9.17) is 9.47 Å². The second-order valence-corrected chi connectivity index (χ2v) is 8.08. The molecule has 28 heavy (non-hydrogen) atoms. The van der Waals surface area contributed by atoms with Crippen LogP contribution in [-0.4, -0.2) is 27.5 Å². The van der Waals surface area contributed by atoms with Crippen LogP contribution in [0.1, 0.15) is 10.6 Å². The SMILES string of the molecule is Cc1cc(NC(=O)/C=C/c2cccs2)n(-c2nc3cc4c(cc3s2)OCO4)n1. The van der Waals surface area contributed by atoms with Crippen molar-refractivity contribution in [1.82, 2.24) is 14.8 Å². The average Bonchev–Trinajstić information content (AvgIpc) is 3.44.